The Kier molecular flexibility index (Phi) is 1.60. The summed E-state index contributed by atoms with van der Waals surface area (Å²) in [5.74, 6) is 0.789. The summed E-state index contributed by atoms with van der Waals surface area (Å²) >= 11 is 0. The molecule has 3 rings (SSSR count). The Balaban J connectivity index is 2.40. The molecule has 0 atom stereocenters. The molecule has 2 aliphatic rings. The van der Waals surface area contributed by atoms with Crippen LogP contribution in [0.3, 0.4) is 0 Å². The lowest BCUT2D eigenvalue weighted by Crippen LogP contribution is -2.02. The highest BCUT2D eigenvalue weighted by molar-refractivity contribution is 7.91. The van der Waals surface area contributed by atoms with Crippen LogP contribution in [0, 0.1) is 0 Å². The maximum atomic E-state index is 11.8. The Morgan fingerprint density at radius 2 is 2.13 bits per heavy atom. The van der Waals surface area contributed by atoms with Gasteiger partial charge in [0.15, 0.2) is 9.84 Å². The zero-order valence-corrected chi connectivity index (χ0v) is 8.93. The van der Waals surface area contributed by atoms with E-state index in [-0.39, 0.29) is 5.75 Å². The van der Waals surface area contributed by atoms with E-state index < -0.39 is 9.84 Å². The smallest absolute Gasteiger partial charge is 0.179 e. The van der Waals surface area contributed by atoms with Crippen LogP contribution in [-0.2, 0) is 22.7 Å². The molecular weight excluding hydrogens is 214 g/mol. The Labute approximate surface area is 88.0 Å². The second-order valence-electron chi connectivity index (χ2n) is 3.93. The van der Waals surface area contributed by atoms with Gasteiger partial charge in [0.25, 0.3) is 0 Å². The minimum Gasteiger partial charge on any atom is -0.491 e. The standard InChI is InChI=1S/C10H11NO3S/c11-8-5-6-2-4-15(12,13)10(6)7-1-3-14-9(7)8/h5H,1-4,11H2. The van der Waals surface area contributed by atoms with Gasteiger partial charge in [-0.25, -0.2) is 8.42 Å². The molecule has 0 aliphatic carbocycles. The zero-order chi connectivity index (χ0) is 10.6. The van der Waals surface area contributed by atoms with Crippen molar-refractivity contribution < 1.29 is 13.2 Å². The van der Waals surface area contributed by atoms with Crippen LogP contribution in [0.25, 0.3) is 0 Å². The van der Waals surface area contributed by atoms with E-state index in [0.717, 1.165) is 11.1 Å². The number of benzene rings is 1. The monoisotopic (exact) mass is 225 g/mol. The quantitative estimate of drug-likeness (QED) is 0.654. The van der Waals surface area contributed by atoms with Gasteiger partial charge in [0.1, 0.15) is 5.75 Å². The minimum atomic E-state index is -3.08. The van der Waals surface area contributed by atoms with Crippen LogP contribution < -0.4 is 10.5 Å². The molecule has 5 heteroatoms. The molecule has 4 nitrogen and oxygen atoms in total. The second-order valence-corrected chi connectivity index (χ2v) is 5.98. The van der Waals surface area contributed by atoms with E-state index >= 15 is 0 Å². The van der Waals surface area contributed by atoms with Crippen molar-refractivity contribution in [3.63, 3.8) is 0 Å². The summed E-state index contributed by atoms with van der Waals surface area (Å²) in [5.41, 5.74) is 8.03. The van der Waals surface area contributed by atoms with Gasteiger partial charge in [-0.05, 0) is 18.1 Å². The van der Waals surface area contributed by atoms with Crippen LogP contribution in [0.1, 0.15) is 11.1 Å². The average Bonchev–Trinajstić information content (AvgIpc) is 2.71. The number of ether oxygens (including phenoxy) is 1. The van der Waals surface area contributed by atoms with Gasteiger partial charge in [-0.2, -0.15) is 0 Å². The topological polar surface area (TPSA) is 69.4 Å². The number of hydrogen-bond donors (Lipinski definition) is 1. The fourth-order valence-electron chi connectivity index (χ4n) is 2.36. The van der Waals surface area contributed by atoms with E-state index in [0.29, 0.717) is 35.8 Å². The second kappa shape index (κ2) is 2.66. The van der Waals surface area contributed by atoms with Gasteiger partial charge in [0.2, 0.25) is 0 Å². The lowest BCUT2D eigenvalue weighted by molar-refractivity contribution is 0.358. The van der Waals surface area contributed by atoms with Crippen molar-refractivity contribution >= 4 is 15.5 Å². The molecule has 0 fully saturated rings. The molecule has 2 heterocycles. The summed E-state index contributed by atoms with van der Waals surface area (Å²) in [7, 11) is -3.08. The SMILES string of the molecule is Nc1cc2c(c3c1OCC3)S(=O)(=O)CC2. The Bertz CT molecular complexity index is 548. The first-order chi connectivity index (χ1) is 7.09. The van der Waals surface area contributed by atoms with Crippen molar-refractivity contribution in [3.05, 3.63) is 17.2 Å². The molecule has 1 aromatic rings. The summed E-state index contributed by atoms with van der Waals surface area (Å²) in [4.78, 5) is 0.490. The molecule has 0 spiro atoms. The predicted octanol–water partition coefficient (Wildman–Crippen LogP) is 0.533. The molecular formula is C10H11NO3S. The number of sulfone groups is 1. The van der Waals surface area contributed by atoms with Crippen LogP contribution in [0.5, 0.6) is 5.75 Å². The lowest BCUT2D eigenvalue weighted by atomic mass is 10.1. The van der Waals surface area contributed by atoms with Crippen LogP contribution in [0.4, 0.5) is 5.69 Å². The Morgan fingerprint density at radius 3 is 2.93 bits per heavy atom. The highest BCUT2D eigenvalue weighted by Gasteiger charge is 2.34. The predicted molar refractivity (Wildman–Crippen MR) is 55.8 cm³/mol. The number of aryl methyl sites for hydroxylation is 1. The molecule has 2 aliphatic heterocycles. The molecule has 80 valence electrons. The summed E-state index contributed by atoms with van der Waals surface area (Å²) in [6.07, 6.45) is 1.23. The van der Waals surface area contributed by atoms with Crippen LogP contribution in [0.2, 0.25) is 0 Å². The zero-order valence-electron chi connectivity index (χ0n) is 8.12. The van der Waals surface area contributed by atoms with Gasteiger partial charge in [-0.1, -0.05) is 0 Å². The van der Waals surface area contributed by atoms with E-state index in [1.54, 1.807) is 6.07 Å². The molecule has 0 saturated carbocycles. The molecule has 0 radical (unpaired) electrons. The highest BCUT2D eigenvalue weighted by Crippen LogP contribution is 2.41. The van der Waals surface area contributed by atoms with Gasteiger partial charge >= 0.3 is 0 Å². The third-order valence-electron chi connectivity index (χ3n) is 2.98. The fraction of sp³-hybridized carbons (Fsp3) is 0.400. The first-order valence-electron chi connectivity index (χ1n) is 4.89. The first-order valence-corrected chi connectivity index (χ1v) is 6.54. The fourth-order valence-corrected chi connectivity index (χ4v) is 4.19. The number of anilines is 1. The summed E-state index contributed by atoms with van der Waals surface area (Å²) < 4.78 is 29.0. The normalized spacial score (nSPS) is 20.8. The number of nitrogens with two attached hydrogens (primary N) is 1. The summed E-state index contributed by atoms with van der Waals surface area (Å²) in [5, 5.41) is 0. The van der Waals surface area contributed by atoms with Crippen LogP contribution in [0.15, 0.2) is 11.0 Å². The maximum absolute atomic E-state index is 11.8. The van der Waals surface area contributed by atoms with E-state index in [4.69, 9.17) is 10.5 Å². The molecule has 0 saturated heterocycles. The van der Waals surface area contributed by atoms with Gasteiger partial charge in [-0.3, -0.25) is 0 Å². The number of hydrogen-bond acceptors (Lipinski definition) is 4. The van der Waals surface area contributed by atoms with Crippen molar-refractivity contribution in [3.8, 4) is 5.75 Å². The molecule has 0 unspecified atom stereocenters. The van der Waals surface area contributed by atoms with E-state index in [1.807, 2.05) is 0 Å². The molecule has 15 heavy (non-hydrogen) atoms. The Hall–Kier alpha value is -1.23. The van der Waals surface area contributed by atoms with Crippen molar-refractivity contribution in [2.24, 2.45) is 0 Å². The molecule has 0 aromatic heterocycles. The molecule has 0 bridgehead atoms. The largest absolute Gasteiger partial charge is 0.491 e. The van der Waals surface area contributed by atoms with Crippen molar-refractivity contribution in [2.45, 2.75) is 17.7 Å². The highest BCUT2D eigenvalue weighted by atomic mass is 32.2. The first kappa shape index (κ1) is 9.03. The number of fused-ring (bicyclic) bond motifs is 3. The van der Waals surface area contributed by atoms with Crippen LogP contribution >= 0.6 is 0 Å². The van der Waals surface area contributed by atoms with Gasteiger partial charge in [0, 0.05) is 12.0 Å². The molecule has 0 amide bonds. The number of nitrogen functional groups attached to an aromatic ring is 1. The maximum Gasteiger partial charge on any atom is 0.179 e. The summed E-state index contributed by atoms with van der Waals surface area (Å²) in [6, 6.07) is 1.74. The third kappa shape index (κ3) is 1.10. The number of rotatable bonds is 0. The van der Waals surface area contributed by atoms with Crippen molar-refractivity contribution in [1.82, 2.24) is 0 Å². The minimum absolute atomic E-state index is 0.207. The van der Waals surface area contributed by atoms with E-state index in [1.165, 1.54) is 0 Å². The third-order valence-corrected chi connectivity index (χ3v) is 4.85. The van der Waals surface area contributed by atoms with Crippen molar-refractivity contribution in [1.29, 1.82) is 0 Å². The van der Waals surface area contributed by atoms with Crippen molar-refractivity contribution in [2.75, 3.05) is 18.1 Å². The lowest BCUT2D eigenvalue weighted by Gasteiger charge is -2.08. The van der Waals surface area contributed by atoms with Gasteiger partial charge in [0.05, 0.1) is 22.9 Å². The van der Waals surface area contributed by atoms with Gasteiger partial charge in [-0.15, -0.1) is 0 Å². The molecule has 1 aromatic carbocycles. The molecule has 2 N–H and O–H groups in total. The van der Waals surface area contributed by atoms with Crippen LogP contribution in [-0.4, -0.2) is 20.8 Å². The average molecular weight is 225 g/mol. The Morgan fingerprint density at radius 1 is 1.33 bits per heavy atom. The van der Waals surface area contributed by atoms with Gasteiger partial charge < -0.3 is 10.5 Å². The van der Waals surface area contributed by atoms with E-state index in [9.17, 15) is 8.42 Å². The summed E-state index contributed by atoms with van der Waals surface area (Å²) in [6.45, 7) is 0.533. The van der Waals surface area contributed by atoms with E-state index in [2.05, 4.69) is 0 Å².